The van der Waals surface area contributed by atoms with Crippen molar-refractivity contribution in [1.82, 2.24) is 9.97 Å². The van der Waals surface area contributed by atoms with E-state index < -0.39 is 0 Å². The van der Waals surface area contributed by atoms with Gasteiger partial charge in [-0.15, -0.1) is 0 Å². The topological polar surface area (TPSA) is 58.1 Å². The van der Waals surface area contributed by atoms with Crippen LogP contribution >= 0.6 is 0 Å². The SMILES string of the molecule is CN(Cc1ccccc1)c1cnc(C(=O)Nc2ccc(C(C)(C)C)cc2)cn1. The van der Waals surface area contributed by atoms with Crippen LogP contribution in [0.25, 0.3) is 0 Å². The first-order valence-corrected chi connectivity index (χ1v) is 9.32. The highest BCUT2D eigenvalue weighted by molar-refractivity contribution is 6.02. The molecule has 0 radical (unpaired) electrons. The quantitative estimate of drug-likeness (QED) is 0.705. The maximum absolute atomic E-state index is 12.4. The zero-order valence-electron chi connectivity index (χ0n) is 16.8. The Kier molecular flexibility index (Phi) is 5.73. The lowest BCUT2D eigenvalue weighted by Gasteiger charge is -2.19. The lowest BCUT2D eigenvalue weighted by molar-refractivity contribution is 0.102. The molecule has 2 aromatic carbocycles. The van der Waals surface area contributed by atoms with Crippen molar-refractivity contribution in [3.05, 3.63) is 83.8 Å². The Morgan fingerprint density at radius 2 is 1.64 bits per heavy atom. The van der Waals surface area contributed by atoms with Crippen LogP contribution in [0, 0.1) is 0 Å². The monoisotopic (exact) mass is 374 g/mol. The van der Waals surface area contributed by atoms with E-state index in [1.54, 1.807) is 6.20 Å². The molecule has 0 saturated heterocycles. The summed E-state index contributed by atoms with van der Waals surface area (Å²) in [5.41, 5.74) is 3.51. The summed E-state index contributed by atoms with van der Waals surface area (Å²) in [6.07, 6.45) is 3.14. The predicted molar refractivity (Wildman–Crippen MR) is 114 cm³/mol. The molecule has 0 aliphatic carbocycles. The molecule has 5 heteroatoms. The molecular formula is C23H26N4O. The van der Waals surface area contributed by atoms with Crippen molar-refractivity contribution in [3.63, 3.8) is 0 Å². The van der Waals surface area contributed by atoms with Crippen LogP contribution in [-0.2, 0) is 12.0 Å². The fourth-order valence-electron chi connectivity index (χ4n) is 2.82. The fraction of sp³-hybridized carbons (Fsp3) is 0.261. The third kappa shape index (κ3) is 4.94. The van der Waals surface area contributed by atoms with Gasteiger partial charge in [0, 0.05) is 19.3 Å². The van der Waals surface area contributed by atoms with E-state index >= 15 is 0 Å². The number of hydrogen-bond donors (Lipinski definition) is 1. The average molecular weight is 374 g/mol. The van der Waals surface area contributed by atoms with Gasteiger partial charge in [-0.1, -0.05) is 63.2 Å². The smallest absolute Gasteiger partial charge is 0.275 e. The van der Waals surface area contributed by atoms with Crippen LogP contribution in [0.3, 0.4) is 0 Å². The molecule has 0 aliphatic heterocycles. The van der Waals surface area contributed by atoms with E-state index in [1.165, 1.54) is 17.3 Å². The number of amides is 1. The minimum atomic E-state index is -0.270. The van der Waals surface area contributed by atoms with Crippen molar-refractivity contribution in [2.75, 3.05) is 17.3 Å². The van der Waals surface area contributed by atoms with Gasteiger partial charge < -0.3 is 10.2 Å². The first-order chi connectivity index (χ1) is 13.3. The Morgan fingerprint density at radius 1 is 0.964 bits per heavy atom. The van der Waals surface area contributed by atoms with Crippen LogP contribution in [0.1, 0.15) is 42.4 Å². The summed E-state index contributed by atoms with van der Waals surface area (Å²) in [5, 5.41) is 2.87. The Bertz CT molecular complexity index is 914. The number of carbonyl (C=O) groups excluding carboxylic acids is 1. The van der Waals surface area contributed by atoms with Gasteiger partial charge in [0.1, 0.15) is 11.5 Å². The Morgan fingerprint density at radius 3 is 2.21 bits per heavy atom. The molecule has 144 valence electrons. The molecular weight excluding hydrogens is 348 g/mol. The van der Waals surface area contributed by atoms with Gasteiger partial charge in [0.15, 0.2) is 0 Å². The summed E-state index contributed by atoms with van der Waals surface area (Å²) in [6.45, 7) is 7.20. The molecule has 1 amide bonds. The van der Waals surface area contributed by atoms with Crippen LogP contribution in [-0.4, -0.2) is 22.9 Å². The van der Waals surface area contributed by atoms with Gasteiger partial charge in [-0.05, 0) is 28.7 Å². The van der Waals surface area contributed by atoms with Gasteiger partial charge >= 0.3 is 0 Å². The molecule has 5 nitrogen and oxygen atoms in total. The normalized spacial score (nSPS) is 11.1. The number of nitrogens with one attached hydrogen (secondary N) is 1. The highest BCUT2D eigenvalue weighted by atomic mass is 16.1. The molecule has 1 N–H and O–H groups in total. The molecule has 0 unspecified atom stereocenters. The van der Waals surface area contributed by atoms with E-state index in [2.05, 4.69) is 48.2 Å². The molecule has 1 heterocycles. The number of nitrogens with zero attached hydrogens (tertiary/aromatic N) is 3. The fourth-order valence-corrected chi connectivity index (χ4v) is 2.82. The second kappa shape index (κ2) is 8.21. The van der Waals surface area contributed by atoms with Gasteiger partial charge in [0.2, 0.25) is 0 Å². The van der Waals surface area contributed by atoms with Gasteiger partial charge in [-0.2, -0.15) is 0 Å². The molecule has 0 saturated carbocycles. The zero-order valence-corrected chi connectivity index (χ0v) is 16.8. The predicted octanol–water partition coefficient (Wildman–Crippen LogP) is 4.66. The zero-order chi connectivity index (χ0) is 20.1. The van der Waals surface area contributed by atoms with Crippen LogP contribution in [0.2, 0.25) is 0 Å². The summed E-state index contributed by atoms with van der Waals surface area (Å²) < 4.78 is 0. The number of anilines is 2. The molecule has 0 aliphatic rings. The van der Waals surface area contributed by atoms with Crippen LogP contribution in [0.15, 0.2) is 67.0 Å². The number of benzene rings is 2. The maximum Gasteiger partial charge on any atom is 0.275 e. The van der Waals surface area contributed by atoms with Crippen molar-refractivity contribution < 1.29 is 4.79 Å². The van der Waals surface area contributed by atoms with E-state index in [9.17, 15) is 4.79 Å². The largest absolute Gasteiger partial charge is 0.354 e. The lowest BCUT2D eigenvalue weighted by Crippen LogP contribution is -2.19. The van der Waals surface area contributed by atoms with Crippen molar-refractivity contribution in [2.45, 2.75) is 32.7 Å². The van der Waals surface area contributed by atoms with Crippen molar-refractivity contribution in [1.29, 1.82) is 0 Å². The minimum absolute atomic E-state index is 0.0790. The highest BCUT2D eigenvalue weighted by Crippen LogP contribution is 2.23. The van der Waals surface area contributed by atoms with Gasteiger partial charge in [0.05, 0.1) is 12.4 Å². The second-order valence-corrected chi connectivity index (χ2v) is 7.88. The van der Waals surface area contributed by atoms with E-state index in [-0.39, 0.29) is 17.0 Å². The molecule has 0 fully saturated rings. The second-order valence-electron chi connectivity index (χ2n) is 7.88. The summed E-state index contributed by atoms with van der Waals surface area (Å²) in [4.78, 5) is 23.1. The van der Waals surface area contributed by atoms with E-state index in [0.29, 0.717) is 0 Å². The summed E-state index contributed by atoms with van der Waals surface area (Å²) in [6, 6.07) is 18.0. The third-order valence-electron chi connectivity index (χ3n) is 4.53. The third-order valence-corrected chi connectivity index (χ3v) is 4.53. The van der Waals surface area contributed by atoms with Gasteiger partial charge in [0.25, 0.3) is 5.91 Å². The number of aromatic nitrogens is 2. The van der Waals surface area contributed by atoms with Crippen molar-refractivity contribution in [2.24, 2.45) is 0 Å². The molecule has 3 rings (SSSR count). The molecule has 1 aromatic heterocycles. The van der Waals surface area contributed by atoms with Gasteiger partial charge in [-0.3, -0.25) is 4.79 Å². The summed E-state index contributed by atoms with van der Waals surface area (Å²) in [5.74, 6) is 0.447. The Labute approximate surface area is 166 Å². The Balaban J connectivity index is 1.63. The molecule has 0 spiro atoms. The first kappa shape index (κ1) is 19.5. The molecule has 3 aromatic rings. The van der Waals surface area contributed by atoms with Crippen molar-refractivity contribution in [3.8, 4) is 0 Å². The molecule has 0 bridgehead atoms. The minimum Gasteiger partial charge on any atom is -0.354 e. The highest BCUT2D eigenvalue weighted by Gasteiger charge is 2.14. The average Bonchev–Trinajstić information content (AvgIpc) is 2.68. The van der Waals surface area contributed by atoms with Crippen LogP contribution in [0.5, 0.6) is 0 Å². The molecule has 28 heavy (non-hydrogen) atoms. The van der Waals surface area contributed by atoms with E-state index in [1.807, 2.05) is 54.4 Å². The van der Waals surface area contributed by atoms with Crippen LogP contribution in [0.4, 0.5) is 11.5 Å². The van der Waals surface area contributed by atoms with Gasteiger partial charge in [-0.25, -0.2) is 9.97 Å². The standard InChI is InChI=1S/C23H26N4O/c1-23(2,3)18-10-12-19(13-11-18)26-22(28)20-14-25-21(15-24-20)27(4)16-17-8-6-5-7-9-17/h5-15H,16H2,1-4H3,(H,26,28). The summed E-state index contributed by atoms with van der Waals surface area (Å²) >= 11 is 0. The maximum atomic E-state index is 12.4. The number of carbonyl (C=O) groups is 1. The number of rotatable bonds is 5. The summed E-state index contributed by atoms with van der Waals surface area (Å²) in [7, 11) is 1.95. The lowest BCUT2D eigenvalue weighted by atomic mass is 9.87. The van der Waals surface area contributed by atoms with Crippen molar-refractivity contribution >= 4 is 17.4 Å². The van der Waals surface area contributed by atoms with Crippen LogP contribution < -0.4 is 10.2 Å². The molecule has 0 atom stereocenters. The number of hydrogen-bond acceptors (Lipinski definition) is 4. The van der Waals surface area contributed by atoms with E-state index in [4.69, 9.17) is 0 Å². The van der Waals surface area contributed by atoms with E-state index in [0.717, 1.165) is 18.1 Å². The first-order valence-electron chi connectivity index (χ1n) is 9.32. The Hall–Kier alpha value is -3.21.